The van der Waals surface area contributed by atoms with Crippen molar-refractivity contribution in [2.24, 2.45) is 0 Å². The minimum Gasteiger partial charge on any atom is -0.372 e. The van der Waals surface area contributed by atoms with Gasteiger partial charge >= 0.3 is 0 Å². The van der Waals surface area contributed by atoms with E-state index >= 15 is 0 Å². The second-order valence-electron chi connectivity index (χ2n) is 6.17. The molecule has 134 valence electrons. The van der Waals surface area contributed by atoms with Crippen LogP contribution in [0.3, 0.4) is 0 Å². The molecule has 1 amide bonds. The van der Waals surface area contributed by atoms with Gasteiger partial charge in [-0.25, -0.2) is 0 Å². The van der Waals surface area contributed by atoms with Gasteiger partial charge in [0.15, 0.2) is 0 Å². The maximum absolute atomic E-state index is 12.2. The molecule has 0 radical (unpaired) electrons. The van der Waals surface area contributed by atoms with Gasteiger partial charge < -0.3 is 15.4 Å². The summed E-state index contributed by atoms with van der Waals surface area (Å²) < 4.78 is 5.72. The van der Waals surface area contributed by atoms with Crippen LogP contribution in [0.4, 0.5) is 5.69 Å². The van der Waals surface area contributed by atoms with Crippen molar-refractivity contribution in [1.82, 2.24) is 5.32 Å². The Balaban J connectivity index is 0.00000225. The zero-order valence-electron chi connectivity index (χ0n) is 14.2. The molecule has 1 atom stereocenters. The number of carbonyl (C=O) groups excluding carboxylic acids is 1. The fraction of sp³-hybridized carbons (Fsp3) is 0.350. The van der Waals surface area contributed by atoms with Crippen molar-refractivity contribution in [2.45, 2.75) is 38.5 Å². The number of hydrogen-bond acceptors (Lipinski definition) is 3. The van der Waals surface area contributed by atoms with Crippen LogP contribution in [0.5, 0.6) is 0 Å². The molecule has 2 aromatic rings. The van der Waals surface area contributed by atoms with Gasteiger partial charge in [0.25, 0.3) is 0 Å². The van der Waals surface area contributed by atoms with E-state index in [1.807, 2.05) is 42.5 Å². The predicted octanol–water partition coefficient (Wildman–Crippen LogP) is 3.91. The van der Waals surface area contributed by atoms with E-state index in [1.165, 1.54) is 5.56 Å². The van der Waals surface area contributed by atoms with Gasteiger partial charge in [0.2, 0.25) is 5.91 Å². The molecule has 1 fully saturated rings. The third-order valence-corrected chi connectivity index (χ3v) is 4.23. The number of ether oxygens (including phenoxy) is 1. The number of amides is 1. The predicted molar refractivity (Wildman–Crippen MR) is 103 cm³/mol. The second kappa shape index (κ2) is 10.2. The van der Waals surface area contributed by atoms with Crippen LogP contribution in [0.15, 0.2) is 54.6 Å². The topological polar surface area (TPSA) is 50.4 Å². The molecule has 4 nitrogen and oxygen atoms in total. The lowest BCUT2D eigenvalue weighted by Gasteiger charge is -2.22. The fourth-order valence-electron chi connectivity index (χ4n) is 2.85. The van der Waals surface area contributed by atoms with Crippen molar-refractivity contribution < 1.29 is 9.53 Å². The highest BCUT2D eigenvalue weighted by Crippen LogP contribution is 2.14. The van der Waals surface area contributed by atoms with Crippen molar-refractivity contribution in [2.75, 3.05) is 11.9 Å². The Hall–Kier alpha value is -1.88. The zero-order valence-corrected chi connectivity index (χ0v) is 15.1. The number of anilines is 1. The molecule has 25 heavy (non-hydrogen) atoms. The van der Waals surface area contributed by atoms with Crippen molar-refractivity contribution in [3.8, 4) is 0 Å². The third-order valence-electron chi connectivity index (χ3n) is 4.23. The van der Waals surface area contributed by atoms with Crippen LogP contribution >= 0.6 is 12.4 Å². The van der Waals surface area contributed by atoms with E-state index < -0.39 is 0 Å². The SMILES string of the molecule is Cl.O=C(Nc1ccc(COCc2ccccc2)cc1)C1CCCCN1. The molecule has 1 aliphatic rings. The van der Waals surface area contributed by atoms with Crippen LogP contribution in [0.1, 0.15) is 30.4 Å². The number of rotatable bonds is 6. The smallest absolute Gasteiger partial charge is 0.241 e. The highest BCUT2D eigenvalue weighted by molar-refractivity contribution is 5.94. The normalized spacial score (nSPS) is 16.7. The highest BCUT2D eigenvalue weighted by atomic mass is 35.5. The standard InChI is InChI=1S/C20H24N2O2.ClH/c23-20(19-8-4-5-13-21-19)22-18-11-9-17(10-12-18)15-24-14-16-6-2-1-3-7-16;/h1-3,6-7,9-12,19,21H,4-5,8,13-15H2,(H,22,23);1H. The summed E-state index contributed by atoms with van der Waals surface area (Å²) in [6.07, 6.45) is 3.18. The van der Waals surface area contributed by atoms with Gasteiger partial charge in [0.1, 0.15) is 0 Å². The molecule has 0 aliphatic carbocycles. The number of carbonyl (C=O) groups is 1. The first-order chi connectivity index (χ1) is 11.8. The lowest BCUT2D eigenvalue weighted by atomic mass is 10.0. The summed E-state index contributed by atoms with van der Waals surface area (Å²) in [7, 11) is 0. The average molecular weight is 361 g/mol. The molecule has 1 heterocycles. The van der Waals surface area contributed by atoms with Crippen LogP contribution in [0.2, 0.25) is 0 Å². The molecular formula is C20H25ClN2O2. The summed E-state index contributed by atoms with van der Waals surface area (Å²) >= 11 is 0. The number of hydrogen-bond donors (Lipinski definition) is 2. The van der Waals surface area contributed by atoms with E-state index in [9.17, 15) is 4.79 Å². The number of nitrogens with one attached hydrogen (secondary N) is 2. The Bertz CT molecular complexity index is 641. The number of piperidine rings is 1. The first-order valence-corrected chi connectivity index (χ1v) is 8.56. The molecular weight excluding hydrogens is 336 g/mol. The van der Waals surface area contributed by atoms with Gasteiger partial charge in [-0.05, 0) is 42.6 Å². The third kappa shape index (κ3) is 6.16. The zero-order chi connectivity index (χ0) is 16.6. The van der Waals surface area contributed by atoms with E-state index in [0.717, 1.165) is 37.1 Å². The summed E-state index contributed by atoms with van der Waals surface area (Å²) in [4.78, 5) is 12.2. The molecule has 3 rings (SSSR count). The fourth-order valence-corrected chi connectivity index (χ4v) is 2.85. The van der Waals surface area contributed by atoms with Gasteiger partial charge in [0, 0.05) is 5.69 Å². The van der Waals surface area contributed by atoms with Crippen molar-refractivity contribution in [3.05, 3.63) is 65.7 Å². The lowest BCUT2D eigenvalue weighted by Crippen LogP contribution is -2.43. The summed E-state index contributed by atoms with van der Waals surface area (Å²) in [6, 6.07) is 17.9. The van der Waals surface area contributed by atoms with E-state index in [0.29, 0.717) is 13.2 Å². The molecule has 1 saturated heterocycles. The molecule has 0 bridgehead atoms. The van der Waals surface area contributed by atoms with Gasteiger partial charge in [0.05, 0.1) is 19.3 Å². The van der Waals surface area contributed by atoms with E-state index in [1.54, 1.807) is 0 Å². The molecule has 0 spiro atoms. The molecule has 1 aliphatic heterocycles. The quantitative estimate of drug-likeness (QED) is 0.821. The summed E-state index contributed by atoms with van der Waals surface area (Å²) in [5.74, 6) is 0.0581. The van der Waals surface area contributed by atoms with Crippen molar-refractivity contribution >= 4 is 24.0 Å². The summed E-state index contributed by atoms with van der Waals surface area (Å²) in [5.41, 5.74) is 3.10. The lowest BCUT2D eigenvalue weighted by molar-refractivity contribution is -0.118. The van der Waals surface area contributed by atoms with Gasteiger partial charge in [-0.3, -0.25) is 4.79 Å². The number of halogens is 1. The van der Waals surface area contributed by atoms with Crippen LogP contribution in [-0.2, 0) is 22.7 Å². The van der Waals surface area contributed by atoms with E-state index in [2.05, 4.69) is 22.8 Å². The summed E-state index contributed by atoms with van der Waals surface area (Å²) in [6.45, 7) is 2.09. The van der Waals surface area contributed by atoms with Crippen LogP contribution < -0.4 is 10.6 Å². The molecule has 0 aromatic heterocycles. The van der Waals surface area contributed by atoms with Crippen molar-refractivity contribution in [1.29, 1.82) is 0 Å². The minimum absolute atomic E-state index is 0. The second-order valence-corrected chi connectivity index (χ2v) is 6.17. The van der Waals surface area contributed by atoms with Crippen LogP contribution in [0.25, 0.3) is 0 Å². The monoisotopic (exact) mass is 360 g/mol. The molecule has 5 heteroatoms. The number of benzene rings is 2. The Morgan fingerprint density at radius 1 is 1.00 bits per heavy atom. The Morgan fingerprint density at radius 3 is 2.32 bits per heavy atom. The summed E-state index contributed by atoms with van der Waals surface area (Å²) in [5, 5.41) is 6.24. The largest absolute Gasteiger partial charge is 0.372 e. The van der Waals surface area contributed by atoms with Gasteiger partial charge in [-0.15, -0.1) is 12.4 Å². The highest BCUT2D eigenvalue weighted by Gasteiger charge is 2.20. The Labute approximate surface area is 155 Å². The maximum atomic E-state index is 12.2. The van der Waals surface area contributed by atoms with Gasteiger partial charge in [-0.1, -0.05) is 48.9 Å². The molecule has 2 aromatic carbocycles. The molecule has 1 unspecified atom stereocenters. The van der Waals surface area contributed by atoms with Crippen molar-refractivity contribution in [3.63, 3.8) is 0 Å². The Morgan fingerprint density at radius 2 is 1.68 bits per heavy atom. The van der Waals surface area contributed by atoms with Crippen LogP contribution in [0, 0.1) is 0 Å². The first-order valence-electron chi connectivity index (χ1n) is 8.56. The first kappa shape index (κ1) is 19.4. The Kier molecular flexibility index (Phi) is 7.92. The molecule has 0 saturated carbocycles. The van der Waals surface area contributed by atoms with E-state index in [-0.39, 0.29) is 24.4 Å². The van der Waals surface area contributed by atoms with Crippen LogP contribution in [-0.4, -0.2) is 18.5 Å². The molecule has 2 N–H and O–H groups in total. The van der Waals surface area contributed by atoms with E-state index in [4.69, 9.17) is 4.74 Å². The van der Waals surface area contributed by atoms with Gasteiger partial charge in [-0.2, -0.15) is 0 Å². The maximum Gasteiger partial charge on any atom is 0.241 e. The average Bonchev–Trinajstić information content (AvgIpc) is 2.65. The minimum atomic E-state index is -0.0624.